The lowest BCUT2D eigenvalue weighted by Gasteiger charge is -2.17. The summed E-state index contributed by atoms with van der Waals surface area (Å²) in [5, 5.41) is 9.52. The van der Waals surface area contributed by atoms with Gasteiger partial charge in [0.25, 0.3) is 0 Å². The summed E-state index contributed by atoms with van der Waals surface area (Å²) >= 11 is 8.44. The third-order valence-electron chi connectivity index (χ3n) is 1.79. The van der Waals surface area contributed by atoms with Crippen molar-refractivity contribution in [2.45, 2.75) is 12.2 Å². The molecule has 1 aromatic rings. The van der Waals surface area contributed by atoms with E-state index in [4.69, 9.17) is 17.3 Å². The highest BCUT2D eigenvalue weighted by molar-refractivity contribution is 9.10. The number of phenolic OH excluding ortho intramolecular Hbond substituents is 1. The Balaban J connectivity index is 0.00000225. The van der Waals surface area contributed by atoms with Crippen LogP contribution in [0.4, 0.5) is 13.2 Å². The molecule has 0 spiro atoms. The Morgan fingerprint density at radius 2 is 1.88 bits per heavy atom. The van der Waals surface area contributed by atoms with E-state index >= 15 is 0 Å². The molecule has 0 radical (unpaired) electrons. The van der Waals surface area contributed by atoms with Gasteiger partial charge in [0.15, 0.2) is 0 Å². The van der Waals surface area contributed by atoms with E-state index in [9.17, 15) is 18.3 Å². The quantitative estimate of drug-likeness (QED) is 0.817. The highest BCUT2D eigenvalue weighted by atomic mass is 79.9. The Bertz CT molecular complexity index is 386. The van der Waals surface area contributed by atoms with Crippen LogP contribution in [0.15, 0.2) is 16.6 Å². The highest BCUT2D eigenvalue weighted by Crippen LogP contribution is 2.41. The van der Waals surface area contributed by atoms with E-state index in [2.05, 4.69) is 15.9 Å². The van der Waals surface area contributed by atoms with E-state index in [1.807, 2.05) is 0 Å². The molecule has 0 fully saturated rings. The molecule has 0 saturated carbocycles. The molecule has 8 heteroatoms. The van der Waals surface area contributed by atoms with Crippen molar-refractivity contribution in [3.63, 3.8) is 0 Å². The second-order valence-electron chi connectivity index (χ2n) is 2.82. The van der Waals surface area contributed by atoms with Gasteiger partial charge in [-0.2, -0.15) is 13.2 Å². The molecule has 0 aliphatic rings. The van der Waals surface area contributed by atoms with E-state index in [0.717, 1.165) is 6.07 Å². The van der Waals surface area contributed by atoms with E-state index in [0.29, 0.717) is 0 Å². The maximum Gasteiger partial charge on any atom is 0.407 e. The molecule has 0 aliphatic heterocycles. The first-order valence-electron chi connectivity index (χ1n) is 3.74. The zero-order valence-electron chi connectivity index (χ0n) is 7.55. The molecule has 16 heavy (non-hydrogen) atoms. The lowest BCUT2D eigenvalue weighted by Crippen LogP contribution is -2.28. The summed E-state index contributed by atoms with van der Waals surface area (Å²) in [6.45, 7) is 0. The third kappa shape index (κ3) is 3.16. The van der Waals surface area contributed by atoms with Gasteiger partial charge in [-0.3, -0.25) is 0 Å². The first kappa shape index (κ1) is 15.8. The fourth-order valence-corrected chi connectivity index (χ4v) is 1.50. The molecule has 0 saturated heterocycles. The Kier molecular flexibility index (Phi) is 5.38. The van der Waals surface area contributed by atoms with Crippen LogP contribution in [0.3, 0.4) is 0 Å². The van der Waals surface area contributed by atoms with Crippen molar-refractivity contribution in [3.8, 4) is 5.75 Å². The lowest BCUT2D eigenvalue weighted by molar-refractivity contribution is -0.149. The molecule has 1 aromatic carbocycles. The summed E-state index contributed by atoms with van der Waals surface area (Å²) in [5.74, 6) is -0.590. The summed E-state index contributed by atoms with van der Waals surface area (Å²) < 4.78 is 36.8. The molecule has 0 aliphatic carbocycles. The van der Waals surface area contributed by atoms with Crippen LogP contribution >= 0.6 is 39.9 Å². The predicted octanol–water partition coefficient (Wildman–Crippen LogP) is 3.79. The Hall–Kier alpha value is -0.170. The molecule has 1 atom stereocenters. The number of alkyl halides is 3. The molecule has 0 heterocycles. The van der Waals surface area contributed by atoms with Crippen LogP contribution in [0.25, 0.3) is 0 Å². The maximum atomic E-state index is 12.3. The van der Waals surface area contributed by atoms with Gasteiger partial charge < -0.3 is 10.8 Å². The zero-order chi connectivity index (χ0) is 11.8. The van der Waals surface area contributed by atoms with E-state index in [1.165, 1.54) is 6.07 Å². The van der Waals surface area contributed by atoms with Crippen LogP contribution in [0.2, 0.25) is 5.02 Å². The topological polar surface area (TPSA) is 46.2 Å². The van der Waals surface area contributed by atoms with Gasteiger partial charge in [-0.25, -0.2) is 0 Å². The number of nitrogens with two attached hydrogens (primary N) is 1. The first-order chi connectivity index (χ1) is 6.75. The molecule has 92 valence electrons. The van der Waals surface area contributed by atoms with Gasteiger partial charge in [-0.15, -0.1) is 12.4 Å². The molecular formula is C8H7BrCl2F3NO. The molecule has 0 bridgehead atoms. The second-order valence-corrected chi connectivity index (χ2v) is 4.02. The fraction of sp³-hybridized carbons (Fsp3) is 0.250. The van der Waals surface area contributed by atoms with Gasteiger partial charge >= 0.3 is 6.18 Å². The van der Waals surface area contributed by atoms with Crippen LogP contribution in [0.5, 0.6) is 5.75 Å². The minimum absolute atomic E-state index is 0. The monoisotopic (exact) mass is 339 g/mol. The average Bonchev–Trinajstić information content (AvgIpc) is 2.12. The largest absolute Gasteiger partial charge is 0.506 e. The number of benzene rings is 1. The van der Waals surface area contributed by atoms with Crippen LogP contribution in [0.1, 0.15) is 11.6 Å². The maximum absolute atomic E-state index is 12.3. The van der Waals surface area contributed by atoms with Crippen molar-refractivity contribution < 1.29 is 18.3 Å². The number of aromatic hydroxyl groups is 1. The first-order valence-corrected chi connectivity index (χ1v) is 4.91. The molecule has 1 rings (SSSR count). The van der Waals surface area contributed by atoms with Crippen molar-refractivity contribution in [2.24, 2.45) is 5.73 Å². The normalized spacial score (nSPS) is 13.1. The Labute approximate surface area is 109 Å². The molecule has 0 amide bonds. The fourth-order valence-electron chi connectivity index (χ4n) is 0.982. The van der Waals surface area contributed by atoms with Crippen molar-refractivity contribution >= 4 is 39.9 Å². The van der Waals surface area contributed by atoms with Crippen molar-refractivity contribution in [2.75, 3.05) is 0 Å². The lowest BCUT2D eigenvalue weighted by atomic mass is 10.1. The number of hydrogen-bond acceptors (Lipinski definition) is 2. The number of phenols is 1. The van der Waals surface area contributed by atoms with Crippen molar-refractivity contribution in [1.29, 1.82) is 0 Å². The SMILES string of the molecule is Cl.N[C@@H](c1ccc(Cl)c(Br)c1O)C(F)(F)F. The molecule has 0 unspecified atom stereocenters. The van der Waals surface area contributed by atoms with Crippen LogP contribution < -0.4 is 5.73 Å². The van der Waals surface area contributed by atoms with Gasteiger partial charge in [0.1, 0.15) is 11.8 Å². The molecule has 2 nitrogen and oxygen atoms in total. The van der Waals surface area contributed by atoms with Gasteiger partial charge in [-0.05, 0) is 22.0 Å². The van der Waals surface area contributed by atoms with Gasteiger partial charge in [0, 0.05) is 5.56 Å². The molecule has 3 N–H and O–H groups in total. The smallest absolute Gasteiger partial charge is 0.407 e. The van der Waals surface area contributed by atoms with Gasteiger partial charge in [0.05, 0.1) is 9.50 Å². The summed E-state index contributed by atoms with van der Waals surface area (Å²) in [6.07, 6.45) is -4.61. The number of rotatable bonds is 1. The van der Waals surface area contributed by atoms with Gasteiger partial charge in [-0.1, -0.05) is 17.7 Å². The molecular weight excluding hydrogens is 334 g/mol. The minimum atomic E-state index is -4.61. The van der Waals surface area contributed by atoms with Crippen LogP contribution in [-0.2, 0) is 0 Å². The minimum Gasteiger partial charge on any atom is -0.506 e. The average molecular weight is 341 g/mol. The Morgan fingerprint density at radius 3 is 2.31 bits per heavy atom. The van der Waals surface area contributed by atoms with E-state index in [-0.39, 0.29) is 21.9 Å². The van der Waals surface area contributed by atoms with Gasteiger partial charge in [0.2, 0.25) is 0 Å². The molecule has 0 aromatic heterocycles. The summed E-state index contributed by atoms with van der Waals surface area (Å²) in [5.41, 5.74) is 4.53. The van der Waals surface area contributed by atoms with Crippen molar-refractivity contribution in [1.82, 2.24) is 0 Å². The number of hydrogen-bond donors (Lipinski definition) is 2. The van der Waals surface area contributed by atoms with Crippen LogP contribution in [0, 0.1) is 0 Å². The predicted molar refractivity (Wildman–Crippen MR) is 61.0 cm³/mol. The summed E-state index contributed by atoms with van der Waals surface area (Å²) in [7, 11) is 0. The summed E-state index contributed by atoms with van der Waals surface area (Å²) in [6, 6.07) is 0.0402. The second kappa shape index (κ2) is 5.44. The zero-order valence-corrected chi connectivity index (χ0v) is 10.7. The summed E-state index contributed by atoms with van der Waals surface area (Å²) in [4.78, 5) is 0. The van der Waals surface area contributed by atoms with Crippen molar-refractivity contribution in [3.05, 3.63) is 27.2 Å². The highest BCUT2D eigenvalue weighted by Gasteiger charge is 2.39. The van der Waals surface area contributed by atoms with Crippen LogP contribution in [-0.4, -0.2) is 11.3 Å². The Morgan fingerprint density at radius 1 is 1.38 bits per heavy atom. The third-order valence-corrected chi connectivity index (χ3v) is 3.13. The number of halogens is 6. The standard InChI is InChI=1S/C8H6BrClF3NO.ClH/c9-5-4(10)2-1-3(6(5)15)7(14)8(11,12)13;/h1-2,7,15H,14H2;1H/t7-;/m0./s1. The van der Waals surface area contributed by atoms with E-state index in [1.54, 1.807) is 0 Å². The van der Waals surface area contributed by atoms with E-state index < -0.39 is 23.5 Å².